The molecule has 0 heterocycles. The lowest BCUT2D eigenvalue weighted by molar-refractivity contribution is 1.61. The van der Waals surface area contributed by atoms with Gasteiger partial charge in [-0.2, -0.15) is 0 Å². The van der Waals surface area contributed by atoms with Gasteiger partial charge in [-0.3, -0.25) is 25.8 Å². The topological polar surface area (TPSA) is 0 Å². The molecule has 1 rings (SSSR count). The predicted molar refractivity (Wildman–Crippen MR) is 59.5 cm³/mol. The maximum absolute atomic E-state index is 5.65. The molecule has 57 valence electrons. The Bertz CT molecular complexity index is 184. The van der Waals surface area contributed by atoms with E-state index in [2.05, 4.69) is 32.7 Å². The quantitative estimate of drug-likeness (QED) is 0.639. The summed E-state index contributed by atoms with van der Waals surface area (Å²) in [5, 5.41) is 0.729. The third-order valence-electron chi connectivity index (χ3n) is 0.958. The zero-order valence-electron chi connectivity index (χ0n) is 5.86. The highest BCUT2D eigenvalue weighted by molar-refractivity contribution is 9.47. The fourth-order valence-electron chi connectivity index (χ4n) is 0.498. The second-order valence-corrected chi connectivity index (χ2v) is 10.2. The van der Waals surface area contributed by atoms with Crippen molar-refractivity contribution in [3.8, 4) is 0 Å². The van der Waals surface area contributed by atoms with Crippen molar-refractivity contribution in [2.75, 3.05) is 0 Å². The molecule has 0 unspecified atom stereocenters. The fourth-order valence-corrected chi connectivity index (χ4v) is 0.634. The Labute approximate surface area is 94.2 Å². The lowest BCUT2D eigenvalue weighted by Gasteiger charge is -1.90. The standard InChI is InChI=1S/C7H6Cl.2BrH.Mg/c1-6-4-2-3-5-7(6)8;;;/h2-5H,1H2;2*1H;/q;;;+2/p-2. The van der Waals surface area contributed by atoms with Crippen LogP contribution in [0.5, 0.6) is 0 Å². The summed E-state index contributed by atoms with van der Waals surface area (Å²) < 4.78 is 0. The fraction of sp³-hybridized carbons (Fsp3) is 0. The second kappa shape index (κ2) is 7.86. The molecule has 0 spiro atoms. The SMILES string of the molecule is [Br][Mg][Br].[CH2]c1ccccc1Cl. The smallest absolute Gasteiger partial charge is 0.280 e. The van der Waals surface area contributed by atoms with Crippen molar-refractivity contribution in [1.82, 2.24) is 0 Å². The molecular formula is C7H6Br2ClMg. The van der Waals surface area contributed by atoms with Crippen molar-refractivity contribution in [3.63, 3.8) is 0 Å². The van der Waals surface area contributed by atoms with Crippen molar-refractivity contribution in [3.05, 3.63) is 41.8 Å². The van der Waals surface area contributed by atoms with Crippen LogP contribution in [0.1, 0.15) is 5.56 Å². The van der Waals surface area contributed by atoms with Gasteiger partial charge in [0.05, 0.1) is 0 Å². The van der Waals surface area contributed by atoms with E-state index < -0.39 is 0 Å². The van der Waals surface area contributed by atoms with E-state index in [0.717, 1.165) is 10.6 Å². The van der Waals surface area contributed by atoms with E-state index in [-0.39, 0.29) is 16.0 Å². The first-order valence-corrected chi connectivity index (χ1v) is 11.1. The summed E-state index contributed by atoms with van der Waals surface area (Å²) in [5.41, 5.74) is 0.883. The van der Waals surface area contributed by atoms with Crippen LogP contribution in [-0.4, -0.2) is 16.0 Å². The lowest BCUT2D eigenvalue weighted by Crippen LogP contribution is -1.68. The van der Waals surface area contributed by atoms with Gasteiger partial charge in [-0.05, 0) is 18.6 Å². The van der Waals surface area contributed by atoms with Crippen LogP contribution in [0.25, 0.3) is 0 Å². The van der Waals surface area contributed by atoms with E-state index in [9.17, 15) is 0 Å². The highest BCUT2D eigenvalue weighted by atomic mass is 79.9. The zero-order chi connectivity index (χ0) is 8.69. The molecule has 0 saturated heterocycles. The van der Waals surface area contributed by atoms with Crippen molar-refractivity contribution in [1.29, 1.82) is 0 Å². The molecule has 0 aromatic heterocycles. The van der Waals surface area contributed by atoms with Crippen LogP contribution in [0.3, 0.4) is 0 Å². The Morgan fingerprint density at radius 1 is 1.27 bits per heavy atom. The highest BCUT2D eigenvalue weighted by Gasteiger charge is 1.86. The van der Waals surface area contributed by atoms with Crippen LogP contribution in [-0.2, 0) is 0 Å². The molecule has 0 aliphatic rings. The molecule has 1 radical (unpaired) electrons. The number of hydrogen-bond acceptors (Lipinski definition) is 0. The summed E-state index contributed by atoms with van der Waals surface area (Å²) in [6.07, 6.45) is 0. The molecule has 0 aliphatic heterocycles. The first-order valence-electron chi connectivity index (χ1n) is 2.90. The Morgan fingerprint density at radius 2 is 1.73 bits per heavy atom. The van der Waals surface area contributed by atoms with E-state index in [1.54, 1.807) is 0 Å². The van der Waals surface area contributed by atoms with Gasteiger partial charge in [0.1, 0.15) is 0 Å². The molecule has 0 atom stereocenters. The molecule has 4 heteroatoms. The molecule has 0 bridgehead atoms. The first kappa shape index (κ1) is 12.2. The van der Waals surface area contributed by atoms with Gasteiger partial charge in [0.2, 0.25) is 0 Å². The summed E-state index contributed by atoms with van der Waals surface area (Å²) in [5.74, 6) is 0. The van der Waals surface area contributed by atoms with Gasteiger partial charge in [-0.25, -0.2) is 0 Å². The van der Waals surface area contributed by atoms with Crippen molar-refractivity contribution < 1.29 is 0 Å². The van der Waals surface area contributed by atoms with Crippen molar-refractivity contribution >= 4 is 53.4 Å². The molecule has 0 N–H and O–H groups in total. The monoisotopic (exact) mass is 307 g/mol. The maximum Gasteiger partial charge on any atom is 0.560 e. The minimum atomic E-state index is 0.0417. The molecule has 0 aliphatic carbocycles. The highest BCUT2D eigenvalue weighted by Crippen LogP contribution is 2.11. The molecule has 0 amide bonds. The lowest BCUT2D eigenvalue weighted by atomic mass is 10.2. The van der Waals surface area contributed by atoms with Crippen LogP contribution in [0.2, 0.25) is 5.02 Å². The second-order valence-electron chi connectivity index (χ2n) is 1.69. The van der Waals surface area contributed by atoms with E-state index >= 15 is 0 Å². The van der Waals surface area contributed by atoms with Gasteiger partial charge in [0, 0.05) is 5.02 Å². The Balaban J connectivity index is 0.000000292. The summed E-state index contributed by atoms with van der Waals surface area (Å²) in [6, 6.07) is 7.50. The molecular weight excluding hydrogens is 304 g/mol. The summed E-state index contributed by atoms with van der Waals surface area (Å²) in [7, 11) is 0. The van der Waals surface area contributed by atoms with E-state index in [4.69, 9.17) is 11.6 Å². The minimum absolute atomic E-state index is 0.0417. The van der Waals surface area contributed by atoms with Crippen LogP contribution in [0, 0.1) is 6.92 Å². The number of rotatable bonds is 0. The molecule has 1 aromatic carbocycles. The van der Waals surface area contributed by atoms with Gasteiger partial charge in [-0.15, -0.1) is 0 Å². The van der Waals surface area contributed by atoms with Gasteiger partial charge in [0.15, 0.2) is 0 Å². The normalized spacial score (nSPS) is 7.64. The van der Waals surface area contributed by atoms with Crippen LogP contribution < -0.4 is 0 Å². The van der Waals surface area contributed by atoms with E-state index in [0.29, 0.717) is 0 Å². The Hall–Kier alpha value is 1.24. The zero-order valence-corrected chi connectivity index (χ0v) is 11.2. The third kappa shape index (κ3) is 6.40. The van der Waals surface area contributed by atoms with Crippen molar-refractivity contribution in [2.45, 2.75) is 0 Å². The molecule has 0 nitrogen and oxygen atoms in total. The summed E-state index contributed by atoms with van der Waals surface area (Å²) in [6.45, 7) is 3.69. The van der Waals surface area contributed by atoms with Crippen molar-refractivity contribution in [2.24, 2.45) is 0 Å². The van der Waals surface area contributed by atoms with Gasteiger partial charge < -0.3 is 0 Å². The number of hydrogen-bond donors (Lipinski definition) is 0. The Kier molecular flexibility index (Phi) is 8.75. The first-order chi connectivity index (χ1) is 5.22. The molecule has 0 saturated carbocycles. The van der Waals surface area contributed by atoms with Gasteiger partial charge in [0.25, 0.3) is 0 Å². The molecule has 11 heavy (non-hydrogen) atoms. The van der Waals surface area contributed by atoms with Crippen LogP contribution in [0.15, 0.2) is 24.3 Å². The molecule has 0 fully saturated rings. The summed E-state index contributed by atoms with van der Waals surface area (Å²) in [4.78, 5) is 0. The van der Waals surface area contributed by atoms with E-state index in [1.165, 1.54) is 0 Å². The third-order valence-corrected chi connectivity index (χ3v) is 1.33. The molecule has 1 aromatic rings. The summed E-state index contributed by atoms with van der Waals surface area (Å²) >= 11 is 12.1. The number of halogens is 3. The largest absolute Gasteiger partial charge is 0.560 e. The van der Waals surface area contributed by atoms with Crippen LogP contribution >= 0.6 is 37.4 Å². The minimum Gasteiger partial charge on any atom is -0.280 e. The van der Waals surface area contributed by atoms with Gasteiger partial charge >= 0.3 is 16.0 Å². The van der Waals surface area contributed by atoms with Gasteiger partial charge in [-0.1, -0.05) is 29.8 Å². The predicted octanol–water partition coefficient (Wildman–Crippen LogP) is 3.83. The number of benzene rings is 1. The Morgan fingerprint density at radius 3 is 2.00 bits per heavy atom. The van der Waals surface area contributed by atoms with Crippen LogP contribution in [0.4, 0.5) is 0 Å². The average molecular weight is 310 g/mol. The van der Waals surface area contributed by atoms with E-state index in [1.807, 2.05) is 24.3 Å². The average Bonchev–Trinajstić information content (AvgIpc) is 1.97. The maximum atomic E-state index is 5.65.